The molecule has 17 heavy (non-hydrogen) atoms. The van der Waals surface area contributed by atoms with Gasteiger partial charge in [0, 0.05) is 12.0 Å². The first-order valence-electron chi connectivity index (χ1n) is 5.57. The Kier molecular flexibility index (Phi) is 3.36. The van der Waals surface area contributed by atoms with Gasteiger partial charge in [-0.25, -0.2) is 4.98 Å². The van der Waals surface area contributed by atoms with E-state index in [1.807, 2.05) is 20.8 Å². The number of anilines is 1. The van der Waals surface area contributed by atoms with Gasteiger partial charge in [-0.2, -0.15) is 10.1 Å². The standard InChI is InChI=1S/C10H16N6O/c1-7(2)9-14-10(17-15-9)13-8(3)4-16-6-11-5-12-16/h5-8H,4H2,1-3H3,(H,13,14,15)/t8-/m1/s1. The van der Waals surface area contributed by atoms with Crippen molar-refractivity contribution in [1.82, 2.24) is 24.9 Å². The third-order valence-electron chi connectivity index (χ3n) is 2.26. The lowest BCUT2D eigenvalue weighted by Crippen LogP contribution is -2.22. The van der Waals surface area contributed by atoms with Crippen molar-refractivity contribution in [2.45, 2.75) is 39.3 Å². The summed E-state index contributed by atoms with van der Waals surface area (Å²) in [5, 5.41) is 11.0. The molecule has 0 saturated heterocycles. The predicted molar refractivity (Wildman–Crippen MR) is 61.5 cm³/mol. The van der Waals surface area contributed by atoms with Gasteiger partial charge in [0.2, 0.25) is 0 Å². The van der Waals surface area contributed by atoms with Gasteiger partial charge >= 0.3 is 6.01 Å². The minimum absolute atomic E-state index is 0.136. The molecular weight excluding hydrogens is 220 g/mol. The molecule has 0 bridgehead atoms. The lowest BCUT2D eigenvalue weighted by Gasteiger charge is -2.10. The van der Waals surface area contributed by atoms with Crippen LogP contribution in [0, 0.1) is 0 Å². The minimum Gasteiger partial charge on any atom is -0.333 e. The summed E-state index contributed by atoms with van der Waals surface area (Å²) in [5.74, 6) is 0.973. The molecule has 0 aliphatic rings. The Morgan fingerprint density at radius 2 is 2.24 bits per heavy atom. The number of rotatable bonds is 5. The van der Waals surface area contributed by atoms with E-state index in [1.54, 1.807) is 11.0 Å². The smallest absolute Gasteiger partial charge is 0.321 e. The van der Waals surface area contributed by atoms with Gasteiger partial charge in [-0.3, -0.25) is 4.68 Å². The summed E-state index contributed by atoms with van der Waals surface area (Å²) in [7, 11) is 0. The van der Waals surface area contributed by atoms with Gasteiger partial charge in [0.25, 0.3) is 0 Å². The Hall–Kier alpha value is -1.92. The van der Waals surface area contributed by atoms with Crippen molar-refractivity contribution in [3.8, 4) is 0 Å². The summed E-state index contributed by atoms with van der Waals surface area (Å²) >= 11 is 0. The van der Waals surface area contributed by atoms with Crippen LogP contribution in [-0.2, 0) is 6.54 Å². The highest BCUT2D eigenvalue weighted by atomic mass is 16.5. The highest BCUT2D eigenvalue weighted by molar-refractivity contribution is 5.20. The Labute approximate surface area is 99.2 Å². The summed E-state index contributed by atoms with van der Waals surface area (Å²) in [6.45, 7) is 6.75. The monoisotopic (exact) mass is 236 g/mol. The molecule has 0 aromatic carbocycles. The third-order valence-corrected chi connectivity index (χ3v) is 2.26. The van der Waals surface area contributed by atoms with Crippen molar-refractivity contribution < 1.29 is 4.52 Å². The molecule has 0 radical (unpaired) electrons. The summed E-state index contributed by atoms with van der Waals surface area (Å²) in [6.07, 6.45) is 3.18. The fourth-order valence-corrected chi connectivity index (χ4v) is 1.39. The van der Waals surface area contributed by atoms with Crippen LogP contribution in [0.5, 0.6) is 0 Å². The van der Waals surface area contributed by atoms with Gasteiger partial charge in [0.15, 0.2) is 5.82 Å². The molecule has 0 fully saturated rings. The van der Waals surface area contributed by atoms with Crippen molar-refractivity contribution >= 4 is 6.01 Å². The average molecular weight is 236 g/mol. The normalized spacial score (nSPS) is 12.9. The Bertz CT molecular complexity index is 449. The molecule has 1 N–H and O–H groups in total. The molecule has 2 heterocycles. The van der Waals surface area contributed by atoms with E-state index in [9.17, 15) is 0 Å². The van der Waals surface area contributed by atoms with E-state index in [0.29, 0.717) is 18.4 Å². The summed E-state index contributed by atoms with van der Waals surface area (Å²) in [4.78, 5) is 8.13. The topological polar surface area (TPSA) is 81.7 Å². The van der Waals surface area contributed by atoms with Crippen LogP contribution in [0.2, 0.25) is 0 Å². The second kappa shape index (κ2) is 4.94. The van der Waals surface area contributed by atoms with Gasteiger partial charge in [0.05, 0.1) is 6.54 Å². The van der Waals surface area contributed by atoms with Crippen molar-refractivity contribution in [2.75, 3.05) is 5.32 Å². The molecule has 2 aromatic heterocycles. The number of nitrogens with one attached hydrogen (secondary N) is 1. The first-order chi connectivity index (χ1) is 8.15. The summed E-state index contributed by atoms with van der Waals surface area (Å²) in [6, 6.07) is 0.582. The maximum Gasteiger partial charge on any atom is 0.321 e. The molecule has 2 aromatic rings. The van der Waals surface area contributed by atoms with Gasteiger partial charge in [-0.05, 0) is 6.92 Å². The third kappa shape index (κ3) is 3.02. The first kappa shape index (κ1) is 11.6. The zero-order chi connectivity index (χ0) is 12.3. The number of aromatic nitrogens is 5. The van der Waals surface area contributed by atoms with E-state index >= 15 is 0 Å². The van der Waals surface area contributed by atoms with Crippen LogP contribution in [0.15, 0.2) is 17.2 Å². The van der Waals surface area contributed by atoms with Crippen LogP contribution in [0.1, 0.15) is 32.5 Å². The highest BCUT2D eigenvalue weighted by Gasteiger charge is 2.11. The number of hydrogen-bond donors (Lipinski definition) is 1. The van der Waals surface area contributed by atoms with Gasteiger partial charge in [0.1, 0.15) is 12.7 Å². The van der Waals surface area contributed by atoms with E-state index in [0.717, 1.165) is 0 Å². The van der Waals surface area contributed by atoms with E-state index in [4.69, 9.17) is 4.52 Å². The minimum atomic E-state index is 0.136. The van der Waals surface area contributed by atoms with Gasteiger partial charge in [-0.1, -0.05) is 19.0 Å². The first-order valence-corrected chi connectivity index (χ1v) is 5.57. The van der Waals surface area contributed by atoms with Crippen LogP contribution in [0.25, 0.3) is 0 Å². The molecule has 0 spiro atoms. The second-order valence-corrected chi connectivity index (χ2v) is 4.28. The average Bonchev–Trinajstić information content (AvgIpc) is 2.88. The summed E-state index contributed by atoms with van der Waals surface area (Å²) in [5.41, 5.74) is 0. The molecule has 0 unspecified atom stereocenters. The maximum atomic E-state index is 5.10. The molecule has 7 nitrogen and oxygen atoms in total. The fraction of sp³-hybridized carbons (Fsp3) is 0.600. The second-order valence-electron chi connectivity index (χ2n) is 4.28. The summed E-state index contributed by atoms with van der Waals surface area (Å²) < 4.78 is 6.85. The van der Waals surface area contributed by atoms with Gasteiger partial charge in [-0.15, -0.1) is 0 Å². The predicted octanol–water partition coefficient (Wildman–Crippen LogP) is 1.29. The number of nitrogens with zero attached hydrogens (tertiary/aromatic N) is 5. The zero-order valence-electron chi connectivity index (χ0n) is 10.2. The Morgan fingerprint density at radius 1 is 1.41 bits per heavy atom. The molecule has 0 saturated carbocycles. The maximum absolute atomic E-state index is 5.10. The Morgan fingerprint density at radius 3 is 2.82 bits per heavy atom. The molecule has 2 rings (SSSR count). The molecule has 92 valence electrons. The van der Waals surface area contributed by atoms with Crippen LogP contribution < -0.4 is 5.32 Å². The molecular formula is C10H16N6O. The molecule has 1 atom stereocenters. The highest BCUT2D eigenvalue weighted by Crippen LogP contribution is 2.13. The number of hydrogen-bond acceptors (Lipinski definition) is 6. The lowest BCUT2D eigenvalue weighted by molar-refractivity contribution is 0.412. The molecule has 0 aliphatic carbocycles. The van der Waals surface area contributed by atoms with Crippen molar-refractivity contribution in [3.05, 3.63) is 18.5 Å². The van der Waals surface area contributed by atoms with E-state index in [-0.39, 0.29) is 12.0 Å². The van der Waals surface area contributed by atoms with Crippen molar-refractivity contribution in [3.63, 3.8) is 0 Å². The van der Waals surface area contributed by atoms with Crippen LogP contribution in [0.4, 0.5) is 6.01 Å². The largest absolute Gasteiger partial charge is 0.333 e. The van der Waals surface area contributed by atoms with E-state index in [1.165, 1.54) is 6.33 Å². The zero-order valence-corrected chi connectivity index (χ0v) is 10.2. The fourth-order valence-electron chi connectivity index (χ4n) is 1.39. The van der Waals surface area contributed by atoms with E-state index < -0.39 is 0 Å². The lowest BCUT2D eigenvalue weighted by atomic mass is 10.2. The SMILES string of the molecule is CC(C)c1noc(N[C@H](C)Cn2cncn2)n1. The molecule has 7 heteroatoms. The molecule has 0 aliphatic heterocycles. The van der Waals surface area contributed by atoms with Crippen molar-refractivity contribution in [1.29, 1.82) is 0 Å². The van der Waals surface area contributed by atoms with Crippen LogP contribution in [-0.4, -0.2) is 30.9 Å². The van der Waals surface area contributed by atoms with Crippen molar-refractivity contribution in [2.24, 2.45) is 0 Å². The Balaban J connectivity index is 1.91. The molecule has 0 amide bonds. The van der Waals surface area contributed by atoms with Crippen LogP contribution >= 0.6 is 0 Å². The quantitative estimate of drug-likeness (QED) is 0.842. The van der Waals surface area contributed by atoms with Gasteiger partial charge < -0.3 is 9.84 Å². The van der Waals surface area contributed by atoms with E-state index in [2.05, 4.69) is 25.5 Å². The van der Waals surface area contributed by atoms with Crippen LogP contribution in [0.3, 0.4) is 0 Å².